The smallest absolute Gasteiger partial charge is 0.242 e. The molecule has 6 heteroatoms. The van der Waals surface area contributed by atoms with Crippen molar-refractivity contribution < 1.29 is 14.0 Å². The average molecular weight is 431 g/mol. The lowest BCUT2D eigenvalue weighted by Crippen LogP contribution is -2.49. The van der Waals surface area contributed by atoms with Crippen LogP contribution in [0.3, 0.4) is 0 Å². The molecule has 30 heavy (non-hydrogen) atoms. The Morgan fingerprint density at radius 1 is 1.07 bits per heavy atom. The van der Waals surface area contributed by atoms with Crippen LogP contribution >= 0.6 is 11.8 Å². The van der Waals surface area contributed by atoms with Crippen molar-refractivity contribution in [2.75, 3.05) is 5.75 Å². The van der Waals surface area contributed by atoms with Crippen LogP contribution in [0.4, 0.5) is 4.39 Å². The van der Waals surface area contributed by atoms with Gasteiger partial charge in [0.05, 0.1) is 0 Å². The van der Waals surface area contributed by atoms with E-state index in [1.807, 2.05) is 32.0 Å². The summed E-state index contributed by atoms with van der Waals surface area (Å²) in [5.74, 6) is 0.729. The summed E-state index contributed by atoms with van der Waals surface area (Å²) in [7, 11) is 0. The Balaban J connectivity index is 2.02. The normalized spacial score (nSPS) is 12.8. The molecule has 2 amide bonds. The third-order valence-electron chi connectivity index (χ3n) is 5.04. The minimum absolute atomic E-state index is 0.0202. The zero-order chi connectivity index (χ0) is 21.9. The molecule has 0 bridgehead atoms. The van der Waals surface area contributed by atoms with Gasteiger partial charge in [0.2, 0.25) is 11.8 Å². The largest absolute Gasteiger partial charge is 0.352 e. The van der Waals surface area contributed by atoms with Gasteiger partial charge in [0.25, 0.3) is 0 Å². The molecule has 0 fully saturated rings. The maximum Gasteiger partial charge on any atom is 0.242 e. The fourth-order valence-electron chi connectivity index (χ4n) is 2.93. The van der Waals surface area contributed by atoms with Crippen LogP contribution in [0.1, 0.15) is 44.7 Å². The molecule has 0 spiro atoms. The molecule has 0 aliphatic heterocycles. The number of carbonyl (C=O) groups is 2. The molecular weight excluding hydrogens is 399 g/mol. The second-order valence-electron chi connectivity index (χ2n) is 7.40. The first-order valence-electron chi connectivity index (χ1n) is 10.4. The van der Waals surface area contributed by atoms with Gasteiger partial charge >= 0.3 is 0 Å². The standard InChI is InChI=1S/C24H31FN2O2S/c1-4-18(2)26-24(29)19(3)27(16-21-12-8-9-13-22(21)25)23(28)14-15-30-17-20-10-6-5-7-11-20/h5-13,18-19H,4,14-17H2,1-3H3,(H,26,29)/t18-,19+/m0/s1. The highest BCUT2D eigenvalue weighted by Crippen LogP contribution is 2.17. The molecule has 1 N–H and O–H groups in total. The van der Waals surface area contributed by atoms with Crippen LogP contribution < -0.4 is 5.32 Å². The number of rotatable bonds is 11. The van der Waals surface area contributed by atoms with E-state index in [9.17, 15) is 14.0 Å². The molecule has 2 rings (SSSR count). The maximum atomic E-state index is 14.2. The lowest BCUT2D eigenvalue weighted by molar-refractivity contribution is -0.140. The molecule has 0 unspecified atom stereocenters. The molecule has 2 aromatic rings. The molecule has 0 aromatic heterocycles. The Morgan fingerprint density at radius 2 is 1.73 bits per heavy atom. The fourth-order valence-corrected chi connectivity index (χ4v) is 3.82. The van der Waals surface area contributed by atoms with Crippen molar-refractivity contribution >= 4 is 23.6 Å². The van der Waals surface area contributed by atoms with Gasteiger partial charge in [-0.25, -0.2) is 4.39 Å². The molecule has 0 aliphatic rings. The first kappa shape index (κ1) is 23.9. The molecule has 2 atom stereocenters. The molecule has 0 radical (unpaired) electrons. The predicted octanol–water partition coefficient (Wildman–Crippen LogP) is 4.78. The van der Waals surface area contributed by atoms with E-state index < -0.39 is 6.04 Å². The molecule has 0 saturated carbocycles. The van der Waals surface area contributed by atoms with Gasteiger partial charge in [-0.3, -0.25) is 9.59 Å². The van der Waals surface area contributed by atoms with Crippen LogP contribution in [-0.2, 0) is 21.9 Å². The Bertz CT molecular complexity index is 816. The molecule has 0 saturated heterocycles. The van der Waals surface area contributed by atoms with Crippen molar-refractivity contribution in [1.82, 2.24) is 10.2 Å². The summed E-state index contributed by atoms with van der Waals surface area (Å²) in [5, 5.41) is 2.92. The summed E-state index contributed by atoms with van der Waals surface area (Å²) in [6.45, 7) is 5.69. The summed E-state index contributed by atoms with van der Waals surface area (Å²) < 4.78 is 14.2. The van der Waals surface area contributed by atoms with Gasteiger partial charge in [0, 0.05) is 36.1 Å². The van der Waals surface area contributed by atoms with E-state index in [-0.39, 0.29) is 30.2 Å². The SMILES string of the molecule is CC[C@H](C)NC(=O)[C@@H](C)N(Cc1ccccc1F)C(=O)CCSCc1ccccc1. The summed E-state index contributed by atoms with van der Waals surface area (Å²) in [6.07, 6.45) is 1.10. The van der Waals surface area contributed by atoms with Gasteiger partial charge in [-0.05, 0) is 31.9 Å². The molecule has 162 valence electrons. The van der Waals surface area contributed by atoms with Crippen molar-refractivity contribution in [2.24, 2.45) is 0 Å². The van der Waals surface area contributed by atoms with E-state index >= 15 is 0 Å². The number of hydrogen-bond donors (Lipinski definition) is 1. The van der Waals surface area contributed by atoms with Gasteiger partial charge in [-0.15, -0.1) is 0 Å². The number of carbonyl (C=O) groups excluding carboxylic acids is 2. The van der Waals surface area contributed by atoms with Crippen molar-refractivity contribution in [3.63, 3.8) is 0 Å². The van der Waals surface area contributed by atoms with E-state index in [1.165, 1.54) is 16.5 Å². The lowest BCUT2D eigenvalue weighted by Gasteiger charge is -2.30. The minimum atomic E-state index is -0.676. The van der Waals surface area contributed by atoms with E-state index in [4.69, 9.17) is 0 Å². The van der Waals surface area contributed by atoms with Gasteiger partial charge < -0.3 is 10.2 Å². The predicted molar refractivity (Wildman–Crippen MR) is 122 cm³/mol. The van der Waals surface area contributed by atoms with Crippen LogP contribution in [0.25, 0.3) is 0 Å². The summed E-state index contributed by atoms with van der Waals surface area (Å²) in [5.41, 5.74) is 1.62. The summed E-state index contributed by atoms with van der Waals surface area (Å²) in [6, 6.07) is 15.8. The van der Waals surface area contributed by atoms with Crippen LogP contribution in [0.5, 0.6) is 0 Å². The van der Waals surface area contributed by atoms with E-state index in [2.05, 4.69) is 17.4 Å². The van der Waals surface area contributed by atoms with E-state index in [0.29, 0.717) is 17.7 Å². The molecule has 0 heterocycles. The molecule has 0 aliphatic carbocycles. The number of nitrogens with zero attached hydrogens (tertiary/aromatic N) is 1. The summed E-state index contributed by atoms with van der Waals surface area (Å²) in [4.78, 5) is 27.1. The zero-order valence-electron chi connectivity index (χ0n) is 17.9. The van der Waals surface area contributed by atoms with E-state index in [0.717, 1.165) is 12.2 Å². The van der Waals surface area contributed by atoms with Crippen LogP contribution in [0.2, 0.25) is 0 Å². The Labute approximate surface area is 183 Å². The highest BCUT2D eigenvalue weighted by atomic mass is 32.2. The monoisotopic (exact) mass is 430 g/mol. The Kier molecular flexibility index (Phi) is 9.87. The molecular formula is C24H31FN2O2S. The van der Waals surface area contributed by atoms with Crippen LogP contribution in [-0.4, -0.2) is 34.6 Å². The van der Waals surface area contributed by atoms with Crippen LogP contribution in [0, 0.1) is 5.82 Å². The van der Waals surface area contributed by atoms with Crippen molar-refractivity contribution in [2.45, 2.75) is 58.0 Å². The lowest BCUT2D eigenvalue weighted by atomic mass is 10.1. The number of hydrogen-bond acceptors (Lipinski definition) is 3. The second kappa shape index (κ2) is 12.4. The van der Waals surface area contributed by atoms with Crippen molar-refractivity contribution in [3.8, 4) is 0 Å². The number of benzene rings is 2. The first-order chi connectivity index (χ1) is 14.4. The minimum Gasteiger partial charge on any atom is -0.352 e. The molecule has 2 aromatic carbocycles. The number of thioether (sulfide) groups is 1. The van der Waals surface area contributed by atoms with Gasteiger partial charge in [0.1, 0.15) is 11.9 Å². The number of nitrogens with one attached hydrogen (secondary N) is 1. The average Bonchev–Trinajstić information content (AvgIpc) is 2.76. The summed E-state index contributed by atoms with van der Waals surface area (Å²) >= 11 is 1.67. The highest BCUT2D eigenvalue weighted by Gasteiger charge is 2.27. The van der Waals surface area contributed by atoms with Gasteiger partial charge in [-0.1, -0.05) is 55.5 Å². The highest BCUT2D eigenvalue weighted by molar-refractivity contribution is 7.98. The first-order valence-corrected chi connectivity index (χ1v) is 11.5. The Morgan fingerprint density at radius 3 is 2.40 bits per heavy atom. The molecule has 4 nitrogen and oxygen atoms in total. The topological polar surface area (TPSA) is 49.4 Å². The third kappa shape index (κ3) is 7.48. The Hall–Kier alpha value is -2.34. The van der Waals surface area contributed by atoms with E-state index in [1.54, 1.807) is 36.9 Å². The van der Waals surface area contributed by atoms with Crippen LogP contribution in [0.15, 0.2) is 54.6 Å². The van der Waals surface area contributed by atoms with Gasteiger partial charge in [0.15, 0.2) is 0 Å². The second-order valence-corrected chi connectivity index (χ2v) is 8.50. The maximum absolute atomic E-state index is 14.2. The quantitative estimate of drug-likeness (QED) is 0.522. The zero-order valence-corrected chi connectivity index (χ0v) is 18.8. The number of halogens is 1. The van der Waals surface area contributed by atoms with Gasteiger partial charge in [-0.2, -0.15) is 11.8 Å². The third-order valence-corrected chi connectivity index (χ3v) is 6.07. The fraction of sp³-hybridized carbons (Fsp3) is 0.417. The van der Waals surface area contributed by atoms with Crippen molar-refractivity contribution in [1.29, 1.82) is 0 Å². The van der Waals surface area contributed by atoms with Crippen molar-refractivity contribution in [3.05, 3.63) is 71.5 Å². The number of amides is 2.